The highest BCUT2D eigenvalue weighted by Gasteiger charge is 1.78. The summed E-state index contributed by atoms with van der Waals surface area (Å²) in [4.78, 5) is 14.2. The molecule has 0 aromatic heterocycles. The second-order valence-electron chi connectivity index (χ2n) is 1.78. The first-order chi connectivity index (χ1) is 5.43. The van der Waals surface area contributed by atoms with Crippen LogP contribution in [0.2, 0.25) is 0 Å². The molecule has 56 valence electrons. The van der Waals surface area contributed by atoms with Gasteiger partial charge in [0.1, 0.15) is 0 Å². The quantitative estimate of drug-likeness (QED) is 0.306. The minimum atomic E-state index is 0.482. The van der Waals surface area contributed by atoms with Gasteiger partial charge in [-0.3, -0.25) is 4.79 Å². The van der Waals surface area contributed by atoms with E-state index in [2.05, 4.69) is 10.2 Å². The summed E-state index contributed by atoms with van der Waals surface area (Å²) in [5.41, 5.74) is 0. The van der Waals surface area contributed by atoms with Crippen molar-refractivity contribution in [3.8, 4) is 0 Å². The number of carbonyl (C=O) groups excluding carboxylic acids is 1. The molecule has 0 bridgehead atoms. The number of benzene rings is 1. The fourth-order valence-electron chi connectivity index (χ4n) is 0.613. The van der Waals surface area contributed by atoms with Crippen molar-refractivity contribution in [3.05, 3.63) is 30.3 Å². The van der Waals surface area contributed by atoms with E-state index in [-0.39, 0.29) is 0 Å². The van der Waals surface area contributed by atoms with Crippen LogP contribution in [0, 0.1) is 0 Å². The van der Waals surface area contributed by atoms with E-state index >= 15 is 0 Å². The molecule has 0 radical (unpaired) electrons. The highest BCUT2D eigenvalue weighted by atomic mass is 32.1. The molecule has 1 aromatic rings. The zero-order valence-electron chi connectivity index (χ0n) is 5.77. The Labute approximate surface area is 68.5 Å². The Morgan fingerprint density at radius 1 is 1.36 bits per heavy atom. The standard InChI is InChI=1S/C8H7NOS/c10-6-9-7-11-8-4-2-1-3-5-8/h1-6,11H. The van der Waals surface area contributed by atoms with E-state index < -0.39 is 0 Å². The molecule has 0 fully saturated rings. The molecule has 0 saturated carbocycles. The Morgan fingerprint density at radius 2 is 2.09 bits per heavy atom. The second kappa shape index (κ2) is 4.61. The Morgan fingerprint density at radius 3 is 2.73 bits per heavy atom. The van der Waals surface area contributed by atoms with Crippen molar-refractivity contribution < 1.29 is 4.79 Å². The van der Waals surface area contributed by atoms with Crippen molar-refractivity contribution in [2.24, 2.45) is 4.99 Å². The number of hydrogen-bond acceptors (Lipinski definition) is 1. The van der Waals surface area contributed by atoms with Gasteiger partial charge < -0.3 is 0 Å². The third-order valence-electron chi connectivity index (χ3n) is 1.05. The maximum atomic E-state index is 9.76. The second-order valence-corrected chi connectivity index (χ2v) is 2.72. The van der Waals surface area contributed by atoms with Gasteiger partial charge in [0, 0.05) is 10.1 Å². The Balaban J connectivity index is 2.80. The summed E-state index contributed by atoms with van der Waals surface area (Å²) >= 11 is 0.830. The van der Waals surface area contributed by atoms with Gasteiger partial charge in [0.15, 0.2) is 0 Å². The lowest BCUT2D eigenvalue weighted by molar-refractivity contribution is -0.106. The van der Waals surface area contributed by atoms with Gasteiger partial charge in [-0.1, -0.05) is 18.2 Å². The van der Waals surface area contributed by atoms with Gasteiger partial charge in [0.25, 0.3) is 0 Å². The molecule has 0 heterocycles. The van der Waals surface area contributed by atoms with Gasteiger partial charge in [-0.2, -0.15) is 4.99 Å². The van der Waals surface area contributed by atoms with Crippen molar-refractivity contribution in [1.82, 2.24) is 0 Å². The molecule has 0 aliphatic heterocycles. The van der Waals surface area contributed by atoms with E-state index in [9.17, 15) is 4.79 Å². The fraction of sp³-hybridized carbons (Fsp3) is 0. The van der Waals surface area contributed by atoms with Crippen LogP contribution in [0.25, 0.3) is 0 Å². The monoisotopic (exact) mass is 165 g/mol. The minimum Gasteiger partial charge on any atom is -0.276 e. The SMILES string of the molecule is O=CN=C=[SH]c1ccccc1. The van der Waals surface area contributed by atoms with Crippen LogP contribution in [0.4, 0.5) is 0 Å². The predicted octanol–water partition coefficient (Wildman–Crippen LogP) is 1.57. The third-order valence-corrected chi connectivity index (χ3v) is 1.82. The molecule has 0 N–H and O–H groups in total. The number of amides is 1. The van der Waals surface area contributed by atoms with Crippen molar-refractivity contribution in [2.75, 3.05) is 0 Å². The highest BCUT2D eigenvalue weighted by molar-refractivity contribution is 7.97. The summed E-state index contributed by atoms with van der Waals surface area (Å²) in [6, 6.07) is 9.72. The van der Waals surface area contributed by atoms with E-state index in [1.807, 2.05) is 30.3 Å². The molecule has 0 unspecified atom stereocenters. The topological polar surface area (TPSA) is 29.4 Å². The number of thiol groups is 1. The van der Waals surface area contributed by atoms with Crippen molar-refractivity contribution >= 4 is 22.9 Å². The molecule has 0 spiro atoms. The van der Waals surface area contributed by atoms with Crippen molar-refractivity contribution in [3.63, 3.8) is 0 Å². The van der Waals surface area contributed by atoms with Crippen LogP contribution in [-0.2, 0) is 4.79 Å². The number of aliphatic imine (C=N–C) groups is 1. The van der Waals surface area contributed by atoms with E-state index in [0.29, 0.717) is 6.41 Å². The molecule has 1 rings (SSSR count). The van der Waals surface area contributed by atoms with E-state index in [1.54, 1.807) is 0 Å². The maximum Gasteiger partial charge on any atom is 0.241 e. The number of isothiocyanates is 1. The van der Waals surface area contributed by atoms with Crippen molar-refractivity contribution in [2.45, 2.75) is 4.90 Å². The zero-order chi connectivity index (χ0) is 7.94. The summed E-state index contributed by atoms with van der Waals surface area (Å²) in [7, 11) is 0. The van der Waals surface area contributed by atoms with Crippen molar-refractivity contribution in [1.29, 1.82) is 0 Å². The van der Waals surface area contributed by atoms with Crippen LogP contribution in [0.5, 0.6) is 0 Å². The molecule has 0 aliphatic carbocycles. The number of nitrogens with zero attached hydrogens (tertiary/aromatic N) is 1. The Bertz CT molecular complexity index is 288. The number of rotatable bonds is 2. The lowest BCUT2D eigenvalue weighted by atomic mass is 10.4. The molecular formula is C8H7NOS. The lowest BCUT2D eigenvalue weighted by Gasteiger charge is -1.85. The zero-order valence-corrected chi connectivity index (χ0v) is 6.66. The predicted molar refractivity (Wildman–Crippen MR) is 47.2 cm³/mol. The van der Waals surface area contributed by atoms with E-state index in [1.165, 1.54) is 0 Å². The first-order valence-electron chi connectivity index (χ1n) is 3.08. The maximum absolute atomic E-state index is 9.76. The van der Waals surface area contributed by atoms with Gasteiger partial charge in [-0.05, 0) is 12.1 Å². The van der Waals surface area contributed by atoms with E-state index in [0.717, 1.165) is 16.2 Å². The van der Waals surface area contributed by atoms with Crippen LogP contribution >= 0.6 is 11.4 Å². The first-order valence-corrected chi connectivity index (χ1v) is 3.97. The number of hydrogen-bond donors (Lipinski definition) is 1. The molecule has 11 heavy (non-hydrogen) atoms. The largest absolute Gasteiger partial charge is 0.276 e. The normalized spacial score (nSPS) is 8.36. The summed E-state index contributed by atoms with van der Waals surface area (Å²) in [6.45, 7) is 0. The summed E-state index contributed by atoms with van der Waals surface area (Å²) in [5.74, 6) is 0. The summed E-state index contributed by atoms with van der Waals surface area (Å²) in [5, 5.41) is 2.58. The number of carbonyl (C=O) groups is 1. The molecule has 3 heteroatoms. The van der Waals surface area contributed by atoms with Gasteiger partial charge in [-0.15, -0.1) is 11.4 Å². The van der Waals surface area contributed by atoms with E-state index in [4.69, 9.17) is 0 Å². The molecular weight excluding hydrogens is 158 g/mol. The van der Waals surface area contributed by atoms with Gasteiger partial charge >= 0.3 is 0 Å². The third kappa shape index (κ3) is 2.94. The molecule has 1 aromatic carbocycles. The fourth-order valence-corrected chi connectivity index (χ4v) is 1.15. The molecule has 1 amide bonds. The summed E-state index contributed by atoms with van der Waals surface area (Å²) in [6.07, 6.45) is 0.482. The lowest BCUT2D eigenvalue weighted by Crippen LogP contribution is -1.62. The Kier molecular flexibility index (Phi) is 3.32. The highest BCUT2D eigenvalue weighted by Crippen LogP contribution is 2.06. The average Bonchev–Trinajstić information content (AvgIpc) is 2.07. The van der Waals surface area contributed by atoms with Crippen LogP contribution < -0.4 is 0 Å². The van der Waals surface area contributed by atoms with Crippen LogP contribution in [0.1, 0.15) is 0 Å². The summed E-state index contributed by atoms with van der Waals surface area (Å²) < 4.78 is 0. The van der Waals surface area contributed by atoms with Crippen LogP contribution in [-0.4, -0.2) is 11.6 Å². The molecule has 0 saturated heterocycles. The molecule has 0 aliphatic rings. The first kappa shape index (κ1) is 7.92. The minimum absolute atomic E-state index is 0.482. The van der Waals surface area contributed by atoms with Crippen LogP contribution in [0.3, 0.4) is 0 Å². The van der Waals surface area contributed by atoms with Gasteiger partial charge in [-0.25, -0.2) is 0 Å². The van der Waals surface area contributed by atoms with Crippen LogP contribution in [0.15, 0.2) is 40.2 Å². The van der Waals surface area contributed by atoms with Gasteiger partial charge in [0.2, 0.25) is 6.41 Å². The molecule has 2 nitrogen and oxygen atoms in total. The smallest absolute Gasteiger partial charge is 0.241 e. The van der Waals surface area contributed by atoms with Gasteiger partial charge in [0.05, 0.1) is 0 Å². The Hall–Kier alpha value is -1.18. The average molecular weight is 165 g/mol. The molecule has 0 atom stereocenters.